The Hall–Kier alpha value is -5.08. The van der Waals surface area contributed by atoms with Crippen molar-refractivity contribution in [1.29, 1.82) is 0 Å². The number of para-hydroxylation sites is 2. The first-order chi connectivity index (χ1) is 20.1. The maximum Gasteiger partial charge on any atom is 0.137 e. The van der Waals surface area contributed by atoms with Gasteiger partial charge in [0.1, 0.15) is 11.2 Å². The number of rotatable bonds is 2. The van der Waals surface area contributed by atoms with Crippen molar-refractivity contribution in [3.8, 4) is 27.9 Å². The summed E-state index contributed by atoms with van der Waals surface area (Å²) in [6, 6.07) is 46.3. The van der Waals surface area contributed by atoms with Gasteiger partial charge in [0, 0.05) is 38.7 Å². The van der Waals surface area contributed by atoms with Crippen molar-refractivity contribution in [3.63, 3.8) is 0 Å². The van der Waals surface area contributed by atoms with E-state index in [0.717, 1.165) is 33.1 Å². The van der Waals surface area contributed by atoms with Gasteiger partial charge in [-0.1, -0.05) is 98.8 Å². The van der Waals surface area contributed by atoms with E-state index in [1.54, 1.807) is 0 Å². The van der Waals surface area contributed by atoms with Crippen molar-refractivity contribution in [2.24, 2.45) is 0 Å². The van der Waals surface area contributed by atoms with Crippen LogP contribution >= 0.6 is 0 Å². The predicted octanol–water partition coefficient (Wildman–Crippen LogP) is 10.7. The van der Waals surface area contributed by atoms with E-state index >= 15 is 0 Å². The minimum Gasteiger partial charge on any atom is -0.456 e. The summed E-state index contributed by atoms with van der Waals surface area (Å²) in [4.78, 5) is 0. The molecular weight excluding hydrogens is 498 g/mol. The second-order valence-electron chi connectivity index (χ2n) is 11.8. The molecule has 2 aromatic heterocycles. The Bertz CT molecular complexity index is 2330. The molecule has 0 fully saturated rings. The summed E-state index contributed by atoms with van der Waals surface area (Å²) in [5.41, 5.74) is 13.3. The molecule has 0 radical (unpaired) electrons. The summed E-state index contributed by atoms with van der Waals surface area (Å²) < 4.78 is 8.65. The SMILES string of the molecule is CC1(C)c2ccccc2-c2cc(-c3ccc(-n4c5ccccc5c5cc6c(cc54)oc4ccccc46)cc3)ccc21. The highest BCUT2D eigenvalue weighted by molar-refractivity contribution is 6.17. The summed E-state index contributed by atoms with van der Waals surface area (Å²) in [5.74, 6) is 0. The molecule has 41 heavy (non-hydrogen) atoms. The lowest BCUT2D eigenvalue weighted by Crippen LogP contribution is -2.14. The molecule has 0 spiro atoms. The molecule has 0 unspecified atom stereocenters. The zero-order valence-electron chi connectivity index (χ0n) is 23.0. The lowest BCUT2D eigenvalue weighted by Gasteiger charge is -2.21. The second-order valence-corrected chi connectivity index (χ2v) is 11.8. The number of nitrogens with zero attached hydrogens (tertiary/aromatic N) is 1. The number of fused-ring (bicyclic) bond motifs is 9. The molecule has 0 saturated heterocycles. The third-order valence-electron chi connectivity index (χ3n) is 9.21. The fourth-order valence-electron chi connectivity index (χ4n) is 7.17. The van der Waals surface area contributed by atoms with Crippen molar-refractivity contribution in [2.75, 3.05) is 0 Å². The van der Waals surface area contributed by atoms with Gasteiger partial charge >= 0.3 is 0 Å². The zero-order chi connectivity index (χ0) is 27.3. The van der Waals surface area contributed by atoms with Crippen LogP contribution in [-0.2, 0) is 5.41 Å². The maximum absolute atomic E-state index is 6.29. The molecule has 1 aliphatic carbocycles. The summed E-state index contributed by atoms with van der Waals surface area (Å²) in [5, 5.41) is 4.81. The molecule has 0 atom stereocenters. The third kappa shape index (κ3) is 3.08. The quantitative estimate of drug-likeness (QED) is 0.219. The summed E-state index contributed by atoms with van der Waals surface area (Å²) in [6.45, 7) is 4.66. The number of aromatic nitrogens is 1. The van der Waals surface area contributed by atoms with E-state index in [2.05, 4.69) is 134 Å². The van der Waals surface area contributed by atoms with E-state index in [0.29, 0.717) is 0 Å². The number of hydrogen-bond acceptors (Lipinski definition) is 1. The first kappa shape index (κ1) is 22.7. The van der Waals surface area contributed by atoms with Crippen LogP contribution in [-0.4, -0.2) is 4.57 Å². The highest BCUT2D eigenvalue weighted by Gasteiger charge is 2.35. The Morgan fingerprint density at radius 3 is 2.07 bits per heavy atom. The van der Waals surface area contributed by atoms with Crippen molar-refractivity contribution >= 4 is 43.7 Å². The lowest BCUT2D eigenvalue weighted by molar-refractivity contribution is 0.660. The summed E-state index contributed by atoms with van der Waals surface area (Å²) in [6.07, 6.45) is 0. The fourth-order valence-corrected chi connectivity index (χ4v) is 7.17. The number of benzene rings is 6. The smallest absolute Gasteiger partial charge is 0.137 e. The Labute approximate surface area is 238 Å². The van der Waals surface area contributed by atoms with E-state index in [4.69, 9.17) is 4.42 Å². The van der Waals surface area contributed by atoms with E-state index in [1.807, 2.05) is 12.1 Å². The molecule has 1 aliphatic rings. The van der Waals surface area contributed by atoms with Gasteiger partial charge in [0.15, 0.2) is 0 Å². The molecule has 2 nitrogen and oxygen atoms in total. The zero-order valence-corrected chi connectivity index (χ0v) is 23.0. The maximum atomic E-state index is 6.29. The van der Waals surface area contributed by atoms with Crippen molar-refractivity contribution in [3.05, 3.63) is 139 Å². The molecule has 0 bridgehead atoms. The standard InChI is InChI=1S/C39H27NO/c1-39(2)33-12-6-3-9-27(33)30-21-25(17-20-34(30)39)24-15-18-26(19-16-24)40-35-13-7-4-10-28(35)31-22-32-29-11-5-8-14-37(29)41-38(32)23-36(31)40/h3-23H,1-2H3. The van der Waals surface area contributed by atoms with Crippen LogP contribution in [0, 0.1) is 0 Å². The highest BCUT2D eigenvalue weighted by Crippen LogP contribution is 2.49. The Kier molecular flexibility index (Phi) is 4.42. The van der Waals surface area contributed by atoms with E-state index in [1.165, 1.54) is 49.7 Å². The summed E-state index contributed by atoms with van der Waals surface area (Å²) in [7, 11) is 0. The Morgan fingerprint density at radius 2 is 1.20 bits per heavy atom. The molecule has 2 heterocycles. The van der Waals surface area contributed by atoms with Crippen LogP contribution in [0.1, 0.15) is 25.0 Å². The average Bonchev–Trinajstić information content (AvgIpc) is 3.61. The fraction of sp³-hybridized carbons (Fsp3) is 0.0769. The first-order valence-corrected chi connectivity index (χ1v) is 14.3. The second kappa shape index (κ2) is 7.99. The monoisotopic (exact) mass is 525 g/mol. The van der Waals surface area contributed by atoms with Crippen LogP contribution in [0.15, 0.2) is 132 Å². The Balaban J connectivity index is 1.20. The van der Waals surface area contributed by atoms with E-state index in [9.17, 15) is 0 Å². The van der Waals surface area contributed by atoms with Crippen LogP contribution in [0.3, 0.4) is 0 Å². The van der Waals surface area contributed by atoms with E-state index < -0.39 is 0 Å². The van der Waals surface area contributed by atoms with Crippen molar-refractivity contribution < 1.29 is 4.42 Å². The number of hydrogen-bond donors (Lipinski definition) is 0. The Morgan fingerprint density at radius 1 is 0.488 bits per heavy atom. The predicted molar refractivity (Wildman–Crippen MR) is 171 cm³/mol. The molecular formula is C39H27NO. The molecule has 6 aromatic carbocycles. The van der Waals surface area contributed by atoms with Crippen LogP contribution < -0.4 is 0 Å². The van der Waals surface area contributed by atoms with Crippen LogP contribution in [0.2, 0.25) is 0 Å². The largest absolute Gasteiger partial charge is 0.456 e. The van der Waals surface area contributed by atoms with Gasteiger partial charge in [0.2, 0.25) is 0 Å². The van der Waals surface area contributed by atoms with Gasteiger partial charge in [-0.25, -0.2) is 0 Å². The molecule has 0 amide bonds. The first-order valence-electron chi connectivity index (χ1n) is 14.3. The molecule has 2 heteroatoms. The van der Waals surface area contributed by atoms with Crippen LogP contribution in [0.4, 0.5) is 0 Å². The lowest BCUT2D eigenvalue weighted by atomic mass is 9.82. The van der Waals surface area contributed by atoms with Gasteiger partial charge < -0.3 is 8.98 Å². The van der Waals surface area contributed by atoms with Gasteiger partial charge in [-0.2, -0.15) is 0 Å². The third-order valence-corrected chi connectivity index (χ3v) is 9.21. The van der Waals surface area contributed by atoms with Gasteiger partial charge in [-0.15, -0.1) is 0 Å². The molecule has 0 aliphatic heterocycles. The van der Waals surface area contributed by atoms with Crippen molar-refractivity contribution in [1.82, 2.24) is 4.57 Å². The van der Waals surface area contributed by atoms with Crippen LogP contribution in [0.5, 0.6) is 0 Å². The number of furan rings is 1. The van der Waals surface area contributed by atoms with Gasteiger partial charge in [-0.3, -0.25) is 0 Å². The summed E-state index contributed by atoms with van der Waals surface area (Å²) >= 11 is 0. The normalized spacial score (nSPS) is 13.8. The van der Waals surface area contributed by atoms with Gasteiger partial charge in [0.05, 0.1) is 11.0 Å². The van der Waals surface area contributed by atoms with Gasteiger partial charge in [0.25, 0.3) is 0 Å². The van der Waals surface area contributed by atoms with E-state index in [-0.39, 0.29) is 5.41 Å². The highest BCUT2D eigenvalue weighted by atomic mass is 16.3. The van der Waals surface area contributed by atoms with Crippen LogP contribution in [0.25, 0.3) is 71.7 Å². The topological polar surface area (TPSA) is 18.1 Å². The minimum atomic E-state index is 0.0239. The molecule has 8 aromatic rings. The average molecular weight is 526 g/mol. The molecule has 0 N–H and O–H groups in total. The molecule has 9 rings (SSSR count). The molecule has 0 saturated carbocycles. The van der Waals surface area contributed by atoms with Crippen molar-refractivity contribution in [2.45, 2.75) is 19.3 Å². The minimum absolute atomic E-state index is 0.0239. The van der Waals surface area contributed by atoms with Gasteiger partial charge in [-0.05, 0) is 69.8 Å². The molecule has 194 valence electrons.